The smallest absolute Gasteiger partial charge is 0.320 e. The average Bonchev–Trinajstić information content (AvgIpc) is 3.22. The van der Waals surface area contributed by atoms with Crippen LogP contribution in [0.5, 0.6) is 0 Å². The van der Waals surface area contributed by atoms with Crippen LogP contribution in [0.3, 0.4) is 0 Å². The van der Waals surface area contributed by atoms with E-state index in [2.05, 4.69) is 28.1 Å². The van der Waals surface area contributed by atoms with Gasteiger partial charge in [0.25, 0.3) is 0 Å². The van der Waals surface area contributed by atoms with E-state index in [9.17, 15) is 14.4 Å². The summed E-state index contributed by atoms with van der Waals surface area (Å²) in [5, 5.41) is 11.4. The topological polar surface area (TPSA) is 90.5 Å². The van der Waals surface area contributed by atoms with Crippen LogP contribution in [0.4, 0.5) is 9.80 Å². The fourth-order valence-electron chi connectivity index (χ4n) is 4.94. The zero-order valence-electron chi connectivity index (χ0n) is 22.4. The highest BCUT2D eigenvalue weighted by molar-refractivity contribution is 7.14. The van der Waals surface area contributed by atoms with Crippen molar-refractivity contribution in [1.82, 2.24) is 15.5 Å². The Labute approximate surface area is 228 Å². The number of rotatable bonds is 6. The Balaban J connectivity index is 1.69. The van der Waals surface area contributed by atoms with Gasteiger partial charge in [0, 0.05) is 5.54 Å². The van der Waals surface area contributed by atoms with Gasteiger partial charge in [0.2, 0.25) is 11.8 Å². The Bertz CT molecular complexity index is 1250. The van der Waals surface area contributed by atoms with Crippen LogP contribution >= 0.6 is 11.3 Å². The minimum Gasteiger partial charge on any atom is -0.350 e. The lowest BCUT2D eigenvalue weighted by Gasteiger charge is -2.33. The van der Waals surface area contributed by atoms with Gasteiger partial charge < -0.3 is 15.5 Å². The van der Waals surface area contributed by atoms with E-state index in [-0.39, 0.29) is 30.3 Å². The van der Waals surface area contributed by atoms with Crippen molar-refractivity contribution >= 4 is 34.2 Å². The zero-order valence-corrected chi connectivity index (χ0v) is 23.2. The number of urea groups is 1. The van der Waals surface area contributed by atoms with Crippen LogP contribution < -0.4 is 16.0 Å². The summed E-state index contributed by atoms with van der Waals surface area (Å²) >= 11 is 1.43. The molecule has 200 valence electrons. The van der Waals surface area contributed by atoms with E-state index < -0.39 is 17.6 Å². The van der Waals surface area contributed by atoms with Crippen LogP contribution in [0, 0.1) is 6.92 Å². The van der Waals surface area contributed by atoms with Gasteiger partial charge in [-0.25, -0.2) is 4.79 Å². The van der Waals surface area contributed by atoms with Crippen LogP contribution in [0.25, 0.3) is 0 Å². The molecule has 7 nitrogen and oxygen atoms in total. The van der Waals surface area contributed by atoms with Gasteiger partial charge in [0.1, 0.15) is 12.6 Å². The van der Waals surface area contributed by atoms with E-state index >= 15 is 0 Å². The number of carbonyl (C=O) groups excluding carboxylic acids is 3. The number of aryl methyl sites for hydroxylation is 1. The molecule has 4 amide bonds. The van der Waals surface area contributed by atoms with E-state index in [0.717, 1.165) is 21.7 Å². The number of hydrogen-bond acceptors (Lipinski definition) is 4. The van der Waals surface area contributed by atoms with Gasteiger partial charge in [-0.15, -0.1) is 11.3 Å². The maximum absolute atomic E-state index is 14.1. The molecule has 4 rings (SSSR count). The highest BCUT2D eigenvalue weighted by Gasteiger charge is 2.40. The Morgan fingerprint density at radius 1 is 0.947 bits per heavy atom. The van der Waals surface area contributed by atoms with Crippen molar-refractivity contribution in [1.29, 1.82) is 0 Å². The van der Waals surface area contributed by atoms with Crippen LogP contribution in [0.15, 0.2) is 72.1 Å². The summed E-state index contributed by atoms with van der Waals surface area (Å²) in [5.41, 5.74) is 2.59. The third-order valence-electron chi connectivity index (χ3n) is 6.66. The molecule has 1 aromatic heterocycles. The summed E-state index contributed by atoms with van der Waals surface area (Å²) in [6.45, 7) is 7.57. The Hall–Kier alpha value is -3.65. The van der Waals surface area contributed by atoms with Crippen molar-refractivity contribution in [2.24, 2.45) is 0 Å². The van der Waals surface area contributed by atoms with Gasteiger partial charge in [-0.05, 0) is 74.6 Å². The van der Waals surface area contributed by atoms with Crippen molar-refractivity contribution in [3.63, 3.8) is 0 Å². The second-order valence-corrected chi connectivity index (χ2v) is 11.8. The summed E-state index contributed by atoms with van der Waals surface area (Å²) in [6.07, 6.45) is 1.06. The lowest BCUT2D eigenvalue weighted by molar-refractivity contribution is -0.139. The Morgan fingerprint density at radius 3 is 2.16 bits per heavy atom. The van der Waals surface area contributed by atoms with Gasteiger partial charge >= 0.3 is 6.03 Å². The molecule has 3 atom stereocenters. The molecular weight excluding hydrogens is 496 g/mol. The first-order valence-corrected chi connectivity index (χ1v) is 13.8. The van der Waals surface area contributed by atoms with Crippen molar-refractivity contribution in [3.05, 3.63) is 88.8 Å². The van der Waals surface area contributed by atoms with Crippen LogP contribution in [-0.4, -0.2) is 40.9 Å². The van der Waals surface area contributed by atoms with Crippen molar-refractivity contribution < 1.29 is 14.4 Å². The van der Waals surface area contributed by atoms with Gasteiger partial charge in [-0.3, -0.25) is 14.9 Å². The molecule has 1 fully saturated rings. The zero-order chi connectivity index (χ0) is 27.3. The lowest BCUT2D eigenvalue weighted by Crippen LogP contribution is -2.53. The number of amides is 4. The lowest BCUT2D eigenvalue weighted by atomic mass is 9.86. The third kappa shape index (κ3) is 7.01. The standard InChI is InChI=1S/C30H36N4O3S/c1-20-15-16-38-27(20)32-29(37)31-24-17-23(21-11-7-5-8-12-21)18-25(22-13-9-6-10-14-22)34(28(24)36)19-26(35)33-30(2,3)4/h5-16,23-25H,17-19H2,1-4H3,(H,33,35)(H2,31,32,37). The van der Waals surface area contributed by atoms with Crippen molar-refractivity contribution in [2.75, 3.05) is 11.9 Å². The summed E-state index contributed by atoms with van der Waals surface area (Å²) in [7, 11) is 0. The molecule has 0 spiro atoms. The molecule has 1 saturated heterocycles. The third-order valence-corrected chi connectivity index (χ3v) is 7.60. The molecule has 2 heterocycles. The molecular formula is C30H36N4O3S. The minimum absolute atomic E-state index is 0.00481. The van der Waals surface area contributed by atoms with Gasteiger partial charge in [0.05, 0.1) is 11.0 Å². The first-order valence-electron chi connectivity index (χ1n) is 12.9. The second kappa shape index (κ2) is 11.8. The average molecular weight is 533 g/mol. The summed E-state index contributed by atoms with van der Waals surface area (Å²) in [6, 6.07) is 20.3. The fourth-order valence-corrected chi connectivity index (χ4v) is 5.75. The fraction of sp³-hybridized carbons (Fsp3) is 0.367. The number of hydrogen-bond donors (Lipinski definition) is 3. The van der Waals surface area contributed by atoms with Gasteiger partial charge in [-0.1, -0.05) is 60.7 Å². The summed E-state index contributed by atoms with van der Waals surface area (Å²) in [5.74, 6) is -0.503. The molecule has 0 aliphatic carbocycles. The van der Waals surface area contributed by atoms with Crippen molar-refractivity contribution in [2.45, 2.75) is 64.1 Å². The SMILES string of the molecule is Cc1ccsc1NC(=O)NC1CC(c2ccccc2)CC(c2ccccc2)N(CC(=O)NC(C)(C)C)C1=O. The molecule has 8 heteroatoms. The molecule has 1 aliphatic heterocycles. The predicted molar refractivity (Wildman–Crippen MR) is 152 cm³/mol. The number of carbonyl (C=O) groups is 3. The number of likely N-dealkylation sites (tertiary alicyclic amines) is 1. The Kier molecular flexibility index (Phi) is 8.52. The first kappa shape index (κ1) is 27.4. The molecule has 1 aliphatic rings. The Morgan fingerprint density at radius 2 is 1.58 bits per heavy atom. The monoisotopic (exact) mass is 532 g/mol. The summed E-state index contributed by atoms with van der Waals surface area (Å²) in [4.78, 5) is 41.9. The number of thiophene rings is 1. The molecule has 3 aromatic rings. The molecule has 0 radical (unpaired) electrons. The van der Waals surface area contributed by atoms with E-state index in [1.54, 1.807) is 4.90 Å². The predicted octanol–water partition coefficient (Wildman–Crippen LogP) is 5.61. The van der Waals surface area contributed by atoms with Crippen molar-refractivity contribution in [3.8, 4) is 0 Å². The molecule has 0 saturated carbocycles. The van der Waals surface area contributed by atoms with Gasteiger partial charge in [-0.2, -0.15) is 0 Å². The largest absolute Gasteiger partial charge is 0.350 e. The number of nitrogens with zero attached hydrogens (tertiary/aromatic N) is 1. The van der Waals surface area contributed by atoms with Crippen LogP contribution in [0.1, 0.15) is 62.3 Å². The minimum atomic E-state index is -0.795. The number of nitrogens with one attached hydrogen (secondary N) is 3. The molecule has 3 N–H and O–H groups in total. The molecule has 0 bridgehead atoms. The second-order valence-electron chi connectivity index (χ2n) is 10.9. The highest BCUT2D eigenvalue weighted by Crippen LogP contribution is 2.39. The maximum atomic E-state index is 14.1. The van der Waals surface area contributed by atoms with E-state index in [1.807, 2.05) is 87.7 Å². The maximum Gasteiger partial charge on any atom is 0.320 e. The van der Waals surface area contributed by atoms with E-state index in [1.165, 1.54) is 11.3 Å². The molecule has 2 aromatic carbocycles. The molecule has 38 heavy (non-hydrogen) atoms. The van der Waals surface area contributed by atoms with Gasteiger partial charge in [0.15, 0.2) is 0 Å². The van der Waals surface area contributed by atoms with Crippen LogP contribution in [0.2, 0.25) is 0 Å². The molecule has 3 unspecified atom stereocenters. The number of anilines is 1. The van der Waals surface area contributed by atoms with Crippen LogP contribution in [-0.2, 0) is 9.59 Å². The normalized spacial score (nSPS) is 19.9. The summed E-state index contributed by atoms with van der Waals surface area (Å²) < 4.78 is 0. The van der Waals surface area contributed by atoms with E-state index in [4.69, 9.17) is 0 Å². The first-order chi connectivity index (χ1) is 18.1. The highest BCUT2D eigenvalue weighted by atomic mass is 32.1. The van der Waals surface area contributed by atoms with E-state index in [0.29, 0.717) is 12.8 Å². The quantitative estimate of drug-likeness (QED) is 0.386. The number of benzene rings is 2.